The normalized spacial score (nSPS) is 17.6. The number of alkyl halides is 1. The number of ether oxygens (including phenoxy) is 2. The zero-order valence-electron chi connectivity index (χ0n) is 24.2. The fourth-order valence-corrected chi connectivity index (χ4v) is 5.85. The van der Waals surface area contributed by atoms with Gasteiger partial charge in [-0.2, -0.15) is 4.31 Å². The van der Waals surface area contributed by atoms with Crippen LogP contribution in [0.15, 0.2) is 47.4 Å². The maximum atomic E-state index is 15.1. The Morgan fingerprint density at radius 1 is 1.07 bits per heavy atom. The molecule has 1 fully saturated rings. The summed E-state index contributed by atoms with van der Waals surface area (Å²) in [7, 11) is -4.07. The van der Waals surface area contributed by atoms with E-state index >= 15 is 4.39 Å². The summed E-state index contributed by atoms with van der Waals surface area (Å²) >= 11 is 0. The molecule has 1 heterocycles. The quantitative estimate of drug-likeness (QED) is 0.257. The van der Waals surface area contributed by atoms with Crippen molar-refractivity contribution in [2.24, 2.45) is 5.41 Å². The van der Waals surface area contributed by atoms with Gasteiger partial charge in [0.1, 0.15) is 18.6 Å². The summed E-state index contributed by atoms with van der Waals surface area (Å²) in [6.07, 6.45) is -0.898. The Kier molecular flexibility index (Phi) is 11.6. The highest BCUT2D eigenvalue weighted by atomic mass is 32.2. The third-order valence-corrected chi connectivity index (χ3v) is 8.85. The Morgan fingerprint density at radius 2 is 1.77 bits per heavy atom. The van der Waals surface area contributed by atoms with Gasteiger partial charge in [0.2, 0.25) is 21.8 Å². The molecule has 0 unspecified atom stereocenters. The van der Waals surface area contributed by atoms with Crippen molar-refractivity contribution < 1.29 is 45.4 Å². The van der Waals surface area contributed by atoms with Gasteiger partial charge in [0, 0.05) is 31.5 Å². The van der Waals surface area contributed by atoms with Gasteiger partial charge in [-0.25, -0.2) is 26.4 Å². The minimum atomic E-state index is -4.07. The molecule has 0 saturated carbocycles. The number of carbonyl (C=O) groups is 3. The molecule has 0 aromatic heterocycles. The van der Waals surface area contributed by atoms with E-state index in [1.165, 1.54) is 37.3 Å². The van der Waals surface area contributed by atoms with Crippen LogP contribution in [0.25, 0.3) is 0 Å². The first kappa shape index (κ1) is 33.8. The number of piperidine rings is 1. The van der Waals surface area contributed by atoms with Crippen molar-refractivity contribution in [1.29, 1.82) is 0 Å². The zero-order valence-corrected chi connectivity index (χ0v) is 25.0. The van der Waals surface area contributed by atoms with E-state index in [0.29, 0.717) is 18.9 Å². The molecule has 0 radical (unpaired) electrons. The molecule has 1 aliphatic rings. The van der Waals surface area contributed by atoms with Crippen LogP contribution in [0.1, 0.15) is 50.4 Å². The minimum absolute atomic E-state index is 0.0296. The Labute approximate surface area is 249 Å². The van der Waals surface area contributed by atoms with E-state index < -0.39 is 57.7 Å². The first-order valence-corrected chi connectivity index (χ1v) is 15.2. The molecule has 3 rings (SSSR count). The van der Waals surface area contributed by atoms with Crippen LogP contribution >= 0.6 is 0 Å². The standard InChI is InChI=1S/C29H36F3N3O7S/c1-19(36)33-13-16-42-27(37)20-5-8-22(9-6-20)43(39,40)35-14-11-25(24(32)18-35)34-28(38)29(2,3)12-4-15-41-26-10-7-21(30)17-23(26)31/h5-10,17,24-25H,4,11-16,18H2,1-3H3,(H,33,36)(H,34,38)/t24-,25-/m1/s1. The molecule has 2 N–H and O–H groups in total. The van der Waals surface area contributed by atoms with E-state index in [0.717, 1.165) is 10.4 Å². The van der Waals surface area contributed by atoms with Crippen molar-refractivity contribution in [3.63, 3.8) is 0 Å². The minimum Gasteiger partial charge on any atom is -0.491 e. The highest BCUT2D eigenvalue weighted by Gasteiger charge is 2.38. The number of amides is 2. The number of sulfonamides is 1. The van der Waals surface area contributed by atoms with E-state index in [2.05, 4.69) is 10.6 Å². The first-order chi connectivity index (χ1) is 20.2. The number of nitrogens with one attached hydrogen (secondary N) is 2. The molecule has 0 bridgehead atoms. The van der Waals surface area contributed by atoms with Crippen molar-refractivity contribution in [2.75, 3.05) is 32.8 Å². The number of hydrogen-bond acceptors (Lipinski definition) is 7. The monoisotopic (exact) mass is 627 g/mol. The zero-order chi connectivity index (χ0) is 31.8. The van der Waals surface area contributed by atoms with Gasteiger partial charge in [0.15, 0.2) is 11.6 Å². The number of nitrogens with zero attached hydrogens (tertiary/aromatic N) is 1. The maximum absolute atomic E-state index is 15.1. The van der Waals surface area contributed by atoms with Gasteiger partial charge in [-0.05, 0) is 55.7 Å². The third kappa shape index (κ3) is 9.42. The largest absolute Gasteiger partial charge is 0.491 e. The van der Waals surface area contributed by atoms with Crippen LogP contribution in [0.2, 0.25) is 0 Å². The lowest BCUT2D eigenvalue weighted by Gasteiger charge is -2.36. The van der Waals surface area contributed by atoms with Gasteiger partial charge >= 0.3 is 5.97 Å². The molecule has 2 aromatic carbocycles. The van der Waals surface area contributed by atoms with E-state index in [4.69, 9.17) is 9.47 Å². The second kappa shape index (κ2) is 14.7. The van der Waals surface area contributed by atoms with E-state index in [1.807, 2.05) is 0 Å². The molecule has 2 aromatic rings. The number of halogens is 3. The Bertz CT molecular complexity index is 1400. The smallest absolute Gasteiger partial charge is 0.338 e. The Balaban J connectivity index is 1.48. The first-order valence-electron chi connectivity index (χ1n) is 13.8. The van der Waals surface area contributed by atoms with Gasteiger partial charge in [0.25, 0.3) is 0 Å². The molecule has 14 heteroatoms. The average Bonchev–Trinajstić information content (AvgIpc) is 2.95. The van der Waals surface area contributed by atoms with Crippen LogP contribution in [0, 0.1) is 17.0 Å². The number of rotatable bonds is 13. The lowest BCUT2D eigenvalue weighted by Crippen LogP contribution is -2.55. The topological polar surface area (TPSA) is 131 Å². The summed E-state index contributed by atoms with van der Waals surface area (Å²) in [5.41, 5.74) is -0.802. The number of benzene rings is 2. The van der Waals surface area contributed by atoms with E-state index in [-0.39, 0.29) is 54.8 Å². The molecule has 236 valence electrons. The molecule has 10 nitrogen and oxygen atoms in total. The van der Waals surface area contributed by atoms with Crippen molar-refractivity contribution in [3.8, 4) is 5.75 Å². The summed E-state index contributed by atoms with van der Waals surface area (Å²) in [4.78, 5) is 35.8. The van der Waals surface area contributed by atoms with Crippen LogP contribution in [0.5, 0.6) is 5.75 Å². The van der Waals surface area contributed by atoms with Gasteiger partial charge in [-0.15, -0.1) is 0 Å². The lowest BCUT2D eigenvalue weighted by molar-refractivity contribution is -0.131. The van der Waals surface area contributed by atoms with Crippen molar-refractivity contribution in [1.82, 2.24) is 14.9 Å². The van der Waals surface area contributed by atoms with Crippen LogP contribution < -0.4 is 15.4 Å². The van der Waals surface area contributed by atoms with Crippen molar-refractivity contribution in [3.05, 3.63) is 59.7 Å². The molecule has 0 spiro atoms. The Hall–Kier alpha value is -3.65. The molecule has 0 aliphatic carbocycles. The number of esters is 1. The van der Waals surface area contributed by atoms with Gasteiger partial charge in [-0.1, -0.05) is 13.8 Å². The predicted octanol–water partition coefficient (Wildman–Crippen LogP) is 3.36. The van der Waals surface area contributed by atoms with Crippen LogP contribution in [0.3, 0.4) is 0 Å². The SMILES string of the molecule is CC(=O)NCCOC(=O)c1ccc(S(=O)(=O)N2CC[C@@H](NC(=O)C(C)(C)CCCOc3ccc(F)cc3F)[C@H](F)C2)cc1. The predicted molar refractivity (Wildman–Crippen MR) is 150 cm³/mol. The van der Waals surface area contributed by atoms with Gasteiger partial charge in [0.05, 0.1) is 29.7 Å². The summed E-state index contributed by atoms with van der Waals surface area (Å²) in [6, 6.07) is 7.13. The fourth-order valence-electron chi connectivity index (χ4n) is 4.39. The lowest BCUT2D eigenvalue weighted by atomic mass is 9.86. The van der Waals surface area contributed by atoms with Crippen molar-refractivity contribution in [2.45, 2.75) is 57.1 Å². The second-order valence-electron chi connectivity index (χ2n) is 10.8. The van der Waals surface area contributed by atoms with E-state index in [9.17, 15) is 31.6 Å². The van der Waals surface area contributed by atoms with Crippen LogP contribution in [0.4, 0.5) is 13.2 Å². The van der Waals surface area contributed by atoms with E-state index in [1.54, 1.807) is 13.8 Å². The molecule has 1 aliphatic heterocycles. The average molecular weight is 628 g/mol. The fraction of sp³-hybridized carbons (Fsp3) is 0.483. The second-order valence-corrected chi connectivity index (χ2v) is 12.7. The summed E-state index contributed by atoms with van der Waals surface area (Å²) in [6.45, 7) is 4.37. The molecule has 2 amide bonds. The molecule has 1 saturated heterocycles. The molecular formula is C29H36F3N3O7S. The van der Waals surface area contributed by atoms with Gasteiger partial charge < -0.3 is 20.1 Å². The third-order valence-electron chi connectivity index (χ3n) is 6.97. The highest BCUT2D eigenvalue weighted by molar-refractivity contribution is 7.89. The molecule has 43 heavy (non-hydrogen) atoms. The highest BCUT2D eigenvalue weighted by Crippen LogP contribution is 2.27. The van der Waals surface area contributed by atoms with Crippen LogP contribution in [-0.2, 0) is 24.3 Å². The van der Waals surface area contributed by atoms with Gasteiger partial charge in [-0.3, -0.25) is 9.59 Å². The summed E-state index contributed by atoms with van der Waals surface area (Å²) in [5.74, 6) is -3.01. The summed E-state index contributed by atoms with van der Waals surface area (Å²) < 4.78 is 79.5. The maximum Gasteiger partial charge on any atom is 0.338 e. The summed E-state index contributed by atoms with van der Waals surface area (Å²) in [5, 5.41) is 5.17. The molecular weight excluding hydrogens is 591 g/mol. The molecule has 2 atom stereocenters. The number of hydrogen-bond donors (Lipinski definition) is 2. The Morgan fingerprint density at radius 3 is 2.40 bits per heavy atom. The van der Waals surface area contributed by atoms with Crippen molar-refractivity contribution >= 4 is 27.8 Å². The number of carbonyl (C=O) groups excluding carboxylic acids is 3. The van der Waals surface area contributed by atoms with Crippen LogP contribution in [-0.4, -0.2) is 75.6 Å².